The number of aryl methyl sites for hydroxylation is 1. The number of hydrogen-bond acceptors (Lipinski definition) is 4. The Kier molecular flexibility index (Phi) is 3.87. The highest BCUT2D eigenvalue weighted by Crippen LogP contribution is 2.22. The Morgan fingerprint density at radius 3 is 3.10 bits per heavy atom. The monoisotopic (exact) mass is 301 g/mol. The fraction of sp³-hybridized carbons (Fsp3) is 0.200. The van der Waals surface area contributed by atoms with Gasteiger partial charge in [0.05, 0.1) is 7.11 Å². The van der Waals surface area contributed by atoms with Crippen molar-refractivity contribution in [2.24, 2.45) is 0 Å². The molecule has 5 nitrogen and oxygen atoms in total. The highest BCUT2D eigenvalue weighted by molar-refractivity contribution is 7.13. The van der Waals surface area contributed by atoms with Crippen molar-refractivity contribution < 1.29 is 9.53 Å². The van der Waals surface area contributed by atoms with E-state index in [9.17, 15) is 4.79 Å². The summed E-state index contributed by atoms with van der Waals surface area (Å²) in [6, 6.07) is 7.94. The van der Waals surface area contributed by atoms with Gasteiger partial charge in [0.1, 0.15) is 5.75 Å². The van der Waals surface area contributed by atoms with Crippen LogP contribution in [0.25, 0.3) is 10.9 Å². The molecule has 0 spiro atoms. The first kappa shape index (κ1) is 13.6. The van der Waals surface area contributed by atoms with Crippen LogP contribution in [0.15, 0.2) is 42.0 Å². The van der Waals surface area contributed by atoms with Crippen LogP contribution in [0.4, 0.5) is 5.13 Å². The van der Waals surface area contributed by atoms with E-state index in [-0.39, 0.29) is 5.91 Å². The zero-order chi connectivity index (χ0) is 14.7. The van der Waals surface area contributed by atoms with Gasteiger partial charge >= 0.3 is 0 Å². The van der Waals surface area contributed by atoms with Crippen LogP contribution in [-0.4, -0.2) is 22.6 Å². The minimum atomic E-state index is -0.0275. The van der Waals surface area contributed by atoms with Crippen LogP contribution >= 0.6 is 11.3 Å². The van der Waals surface area contributed by atoms with E-state index in [0.717, 1.165) is 16.7 Å². The topological polar surface area (TPSA) is 56.1 Å². The molecule has 0 saturated heterocycles. The van der Waals surface area contributed by atoms with Crippen LogP contribution < -0.4 is 10.1 Å². The normalized spacial score (nSPS) is 10.7. The highest BCUT2D eigenvalue weighted by atomic mass is 32.1. The number of hydrogen-bond donors (Lipinski definition) is 1. The van der Waals surface area contributed by atoms with Crippen molar-refractivity contribution in [3.63, 3.8) is 0 Å². The van der Waals surface area contributed by atoms with E-state index in [1.165, 1.54) is 11.3 Å². The highest BCUT2D eigenvalue weighted by Gasteiger charge is 2.07. The van der Waals surface area contributed by atoms with Crippen LogP contribution in [0.3, 0.4) is 0 Å². The fourth-order valence-corrected chi connectivity index (χ4v) is 2.73. The van der Waals surface area contributed by atoms with E-state index in [0.29, 0.717) is 18.1 Å². The Hall–Kier alpha value is -2.34. The molecule has 21 heavy (non-hydrogen) atoms. The molecular weight excluding hydrogens is 286 g/mol. The molecule has 0 fully saturated rings. The van der Waals surface area contributed by atoms with E-state index in [2.05, 4.69) is 14.9 Å². The summed E-state index contributed by atoms with van der Waals surface area (Å²) in [4.78, 5) is 15.9. The van der Waals surface area contributed by atoms with Gasteiger partial charge in [-0.3, -0.25) is 4.79 Å². The molecule has 108 valence electrons. The van der Waals surface area contributed by atoms with Gasteiger partial charge in [0, 0.05) is 41.6 Å². The Labute approximate surface area is 126 Å². The van der Waals surface area contributed by atoms with E-state index in [1.807, 2.05) is 35.8 Å². The molecule has 6 heteroatoms. The average Bonchev–Trinajstić information content (AvgIpc) is 3.13. The Bertz CT molecular complexity index is 749. The second-order valence-corrected chi connectivity index (χ2v) is 5.46. The number of aromatic nitrogens is 2. The number of carbonyl (C=O) groups is 1. The molecule has 0 aliphatic carbocycles. The predicted molar refractivity (Wildman–Crippen MR) is 83.9 cm³/mol. The number of nitrogens with zero attached hydrogens (tertiary/aromatic N) is 2. The van der Waals surface area contributed by atoms with Gasteiger partial charge in [0.2, 0.25) is 5.91 Å². The largest absolute Gasteiger partial charge is 0.497 e. The summed E-state index contributed by atoms with van der Waals surface area (Å²) in [7, 11) is 1.65. The molecule has 1 amide bonds. The third kappa shape index (κ3) is 3.05. The summed E-state index contributed by atoms with van der Waals surface area (Å²) in [5.74, 6) is 0.807. The second kappa shape index (κ2) is 5.97. The molecule has 3 rings (SSSR count). The summed E-state index contributed by atoms with van der Waals surface area (Å²) in [6.07, 6.45) is 4.07. The van der Waals surface area contributed by atoms with Crippen molar-refractivity contribution in [1.82, 2.24) is 9.55 Å². The van der Waals surface area contributed by atoms with Gasteiger partial charge in [0.25, 0.3) is 0 Å². The molecule has 3 aromatic rings. The maximum atomic E-state index is 11.9. The molecule has 1 N–H and O–H groups in total. The Balaban J connectivity index is 1.66. The minimum absolute atomic E-state index is 0.0275. The first-order valence-corrected chi connectivity index (χ1v) is 7.46. The standard InChI is InChI=1S/C15H15N3O2S/c1-20-12-2-3-13-11(10-12)4-7-18(13)8-5-14(19)17-15-16-6-9-21-15/h2-4,6-7,9-10H,5,8H2,1H3,(H,16,17,19). The summed E-state index contributed by atoms with van der Waals surface area (Å²) in [5.41, 5.74) is 1.10. The van der Waals surface area contributed by atoms with Gasteiger partial charge in [-0.1, -0.05) is 0 Å². The van der Waals surface area contributed by atoms with Crippen molar-refractivity contribution in [2.75, 3.05) is 12.4 Å². The van der Waals surface area contributed by atoms with E-state index < -0.39 is 0 Å². The Morgan fingerprint density at radius 2 is 2.33 bits per heavy atom. The molecule has 0 unspecified atom stereocenters. The molecule has 0 radical (unpaired) electrons. The molecule has 2 heterocycles. The van der Waals surface area contributed by atoms with E-state index in [4.69, 9.17) is 4.74 Å². The summed E-state index contributed by atoms with van der Waals surface area (Å²) >= 11 is 1.42. The quantitative estimate of drug-likeness (QED) is 0.787. The molecular formula is C15H15N3O2S. The van der Waals surface area contributed by atoms with Crippen LogP contribution in [0.2, 0.25) is 0 Å². The number of methoxy groups -OCH3 is 1. The van der Waals surface area contributed by atoms with Crippen molar-refractivity contribution >= 4 is 33.3 Å². The van der Waals surface area contributed by atoms with Crippen LogP contribution in [0, 0.1) is 0 Å². The molecule has 0 atom stereocenters. The third-order valence-corrected chi connectivity index (χ3v) is 3.93. The summed E-state index contributed by atoms with van der Waals surface area (Å²) < 4.78 is 7.27. The molecule has 0 aliphatic heterocycles. The Morgan fingerprint density at radius 1 is 1.43 bits per heavy atom. The number of ether oxygens (including phenoxy) is 1. The average molecular weight is 301 g/mol. The number of thiazole rings is 1. The number of fused-ring (bicyclic) bond motifs is 1. The number of benzene rings is 1. The SMILES string of the molecule is COc1ccc2c(ccn2CCC(=O)Nc2nccs2)c1. The van der Waals surface area contributed by atoms with Gasteiger partial charge in [0.15, 0.2) is 5.13 Å². The first-order valence-electron chi connectivity index (χ1n) is 6.58. The van der Waals surface area contributed by atoms with Crippen LogP contribution in [-0.2, 0) is 11.3 Å². The lowest BCUT2D eigenvalue weighted by Gasteiger charge is -2.06. The lowest BCUT2D eigenvalue weighted by atomic mass is 10.2. The molecule has 2 aromatic heterocycles. The molecule has 0 saturated carbocycles. The van der Waals surface area contributed by atoms with Gasteiger partial charge in [-0.05, 0) is 24.3 Å². The zero-order valence-electron chi connectivity index (χ0n) is 11.6. The summed E-state index contributed by atoms with van der Waals surface area (Å²) in [6.45, 7) is 0.632. The smallest absolute Gasteiger partial charge is 0.227 e. The fourth-order valence-electron chi connectivity index (χ4n) is 2.19. The maximum absolute atomic E-state index is 11.9. The first-order chi connectivity index (χ1) is 10.3. The van der Waals surface area contributed by atoms with Gasteiger partial charge in [-0.15, -0.1) is 11.3 Å². The lowest BCUT2D eigenvalue weighted by molar-refractivity contribution is -0.116. The number of carbonyl (C=O) groups excluding carboxylic acids is 1. The van der Waals surface area contributed by atoms with Gasteiger partial charge in [-0.25, -0.2) is 4.98 Å². The van der Waals surface area contributed by atoms with Gasteiger partial charge < -0.3 is 14.6 Å². The summed E-state index contributed by atoms with van der Waals surface area (Å²) in [5, 5.41) is 6.37. The van der Waals surface area contributed by atoms with E-state index in [1.54, 1.807) is 13.3 Å². The van der Waals surface area contributed by atoms with Crippen molar-refractivity contribution in [2.45, 2.75) is 13.0 Å². The van der Waals surface area contributed by atoms with Crippen LogP contribution in [0.5, 0.6) is 5.75 Å². The number of rotatable bonds is 5. The second-order valence-electron chi connectivity index (χ2n) is 4.57. The number of amides is 1. The molecule has 1 aromatic carbocycles. The van der Waals surface area contributed by atoms with Crippen LogP contribution in [0.1, 0.15) is 6.42 Å². The van der Waals surface area contributed by atoms with Crippen molar-refractivity contribution in [3.8, 4) is 5.75 Å². The molecule has 0 bridgehead atoms. The number of nitrogens with one attached hydrogen (secondary N) is 1. The maximum Gasteiger partial charge on any atom is 0.227 e. The lowest BCUT2D eigenvalue weighted by Crippen LogP contribution is -2.13. The zero-order valence-corrected chi connectivity index (χ0v) is 12.4. The van der Waals surface area contributed by atoms with Gasteiger partial charge in [-0.2, -0.15) is 0 Å². The van der Waals surface area contributed by atoms with Crippen molar-refractivity contribution in [1.29, 1.82) is 0 Å². The predicted octanol–water partition coefficient (Wildman–Crippen LogP) is 3.14. The molecule has 0 aliphatic rings. The number of anilines is 1. The van der Waals surface area contributed by atoms with Crippen molar-refractivity contribution in [3.05, 3.63) is 42.0 Å². The minimum Gasteiger partial charge on any atom is -0.497 e. The van der Waals surface area contributed by atoms with E-state index >= 15 is 0 Å². The third-order valence-electron chi connectivity index (χ3n) is 3.24.